The van der Waals surface area contributed by atoms with Gasteiger partial charge in [-0.1, -0.05) is 84.9 Å². The Morgan fingerprint density at radius 1 is 0.609 bits per heavy atom. The molecule has 2 heterocycles. The van der Waals surface area contributed by atoms with E-state index >= 15 is 0 Å². The van der Waals surface area contributed by atoms with Gasteiger partial charge in [-0.2, -0.15) is 0 Å². The van der Waals surface area contributed by atoms with Gasteiger partial charge >= 0.3 is 0 Å². The molecule has 2 fully saturated rings. The maximum absolute atomic E-state index is 13.1. The van der Waals surface area contributed by atoms with Crippen LogP contribution in [0.1, 0.15) is 69.7 Å². The van der Waals surface area contributed by atoms with E-state index in [-0.39, 0.29) is 43.0 Å². The molecule has 0 unspecified atom stereocenters. The summed E-state index contributed by atoms with van der Waals surface area (Å²) in [4.78, 5) is 22.7. The van der Waals surface area contributed by atoms with Gasteiger partial charge in [-0.05, 0) is 98.5 Å². The zero-order valence-corrected chi connectivity index (χ0v) is 39.5. The van der Waals surface area contributed by atoms with Crippen molar-refractivity contribution < 1.29 is 61.7 Å². The largest absolute Gasteiger partial charge is 0.489 e. The highest BCUT2D eigenvalue weighted by atomic mass is 35.5. The van der Waals surface area contributed by atoms with Crippen LogP contribution in [0.2, 0.25) is 0 Å². The molecule has 6 aromatic rings. The number of rotatable bonds is 18. The standard InChI is InChI=1S/C27H27FO5.C24H23FO5.C4H8O.ClH/c1-26(2)31-18-27(19-32-26,22-6-4-3-5-7-22)33-25-16-21(17-29)10-13-24(25)30-15-14-20-8-11-23(28)12-9-20;25-21-9-6-18(7-10-21)12-13-29-22-11-8-19(15-26)14-23(22)30-24(16-27,17-28)20-4-2-1-3-5-20;1-2-4-5-3-1;/h3-13,16-17H,14-15,18-19H2,1-2H3;1-11,14-15,27-28H,12-13,16-17H2;1-4H2;1H. The molecule has 0 aliphatic carbocycles. The summed E-state index contributed by atoms with van der Waals surface area (Å²) >= 11 is 0. The Morgan fingerprint density at radius 2 is 1.07 bits per heavy atom. The number of ether oxygens (including phenoxy) is 7. The van der Waals surface area contributed by atoms with Crippen LogP contribution in [0.15, 0.2) is 146 Å². The van der Waals surface area contributed by atoms with Crippen molar-refractivity contribution in [3.05, 3.63) is 191 Å². The van der Waals surface area contributed by atoms with Crippen molar-refractivity contribution in [2.75, 3.05) is 52.9 Å². The molecule has 14 heteroatoms. The second-order valence-electron chi connectivity index (χ2n) is 16.6. The summed E-state index contributed by atoms with van der Waals surface area (Å²) in [5.74, 6) is 0.227. The van der Waals surface area contributed by atoms with Crippen LogP contribution in [0.4, 0.5) is 8.78 Å². The zero-order valence-electron chi connectivity index (χ0n) is 38.7. The van der Waals surface area contributed by atoms with Gasteiger partial charge in [-0.3, -0.25) is 9.59 Å². The molecule has 11 nitrogen and oxygen atoms in total. The molecule has 0 radical (unpaired) electrons. The minimum absolute atomic E-state index is 0. The van der Waals surface area contributed by atoms with Gasteiger partial charge in [0, 0.05) is 48.3 Å². The van der Waals surface area contributed by atoms with Crippen LogP contribution in [-0.2, 0) is 38.3 Å². The molecule has 2 saturated heterocycles. The topological polar surface area (TPSA) is 139 Å². The summed E-state index contributed by atoms with van der Waals surface area (Å²) < 4.78 is 67.5. The maximum atomic E-state index is 13.1. The lowest BCUT2D eigenvalue weighted by Crippen LogP contribution is -2.52. The van der Waals surface area contributed by atoms with E-state index in [0.717, 1.165) is 36.2 Å². The Balaban J connectivity index is 0.000000231. The molecule has 2 aliphatic heterocycles. The minimum atomic E-state index is -1.40. The van der Waals surface area contributed by atoms with Gasteiger partial charge in [0.2, 0.25) is 0 Å². The molecular weight excluding hydrogens is 910 g/mol. The smallest absolute Gasteiger partial charge is 0.181 e. The Bertz CT molecular complexity index is 2450. The number of halogens is 3. The van der Waals surface area contributed by atoms with E-state index in [1.54, 1.807) is 78.9 Å². The van der Waals surface area contributed by atoms with Gasteiger partial charge in [0.05, 0.1) is 39.6 Å². The summed E-state index contributed by atoms with van der Waals surface area (Å²) in [6.45, 7) is 5.95. The molecule has 0 aromatic heterocycles. The quantitative estimate of drug-likeness (QED) is 0.0796. The molecule has 8 rings (SSSR count). The van der Waals surface area contributed by atoms with Crippen LogP contribution in [0.25, 0.3) is 0 Å². The number of carbonyl (C=O) groups is 2. The predicted molar refractivity (Wildman–Crippen MR) is 260 cm³/mol. The predicted octanol–water partition coefficient (Wildman–Crippen LogP) is 10.1. The van der Waals surface area contributed by atoms with Crippen molar-refractivity contribution in [1.82, 2.24) is 0 Å². The second-order valence-corrected chi connectivity index (χ2v) is 16.6. The van der Waals surface area contributed by atoms with Crippen molar-refractivity contribution in [2.24, 2.45) is 0 Å². The van der Waals surface area contributed by atoms with Gasteiger partial charge < -0.3 is 43.4 Å². The number of aliphatic hydroxyl groups excluding tert-OH is 2. The average molecular weight is 970 g/mol. The lowest BCUT2D eigenvalue weighted by atomic mass is 9.93. The second kappa shape index (κ2) is 26.5. The number of carbonyl (C=O) groups excluding carboxylic acids is 2. The third-order valence-corrected chi connectivity index (χ3v) is 11.2. The zero-order chi connectivity index (χ0) is 48.2. The third-order valence-electron chi connectivity index (χ3n) is 11.2. The van der Waals surface area contributed by atoms with Crippen LogP contribution >= 0.6 is 12.4 Å². The van der Waals surface area contributed by atoms with E-state index in [9.17, 15) is 28.6 Å². The van der Waals surface area contributed by atoms with E-state index in [1.807, 2.05) is 50.2 Å². The molecular formula is C55H59ClF2O11. The van der Waals surface area contributed by atoms with Gasteiger partial charge in [-0.15, -0.1) is 12.4 Å². The van der Waals surface area contributed by atoms with Crippen LogP contribution in [-0.4, -0.2) is 81.4 Å². The Hall–Kier alpha value is -6.19. The molecule has 0 saturated carbocycles. The summed E-state index contributed by atoms with van der Waals surface area (Å²) in [7, 11) is 0. The van der Waals surface area contributed by atoms with Crippen LogP contribution in [0.5, 0.6) is 23.0 Å². The Labute approximate surface area is 408 Å². The monoisotopic (exact) mass is 968 g/mol. The molecule has 2 N–H and O–H groups in total. The SMILES string of the molecule is C1CCOC1.CC1(C)OCC(Oc2cc(C=O)ccc2OCCc2ccc(F)cc2)(c2ccccc2)CO1.Cl.O=Cc1ccc(OCCc2ccc(F)cc2)c(OC(CO)(CO)c2ccccc2)c1. The highest BCUT2D eigenvalue weighted by Crippen LogP contribution is 2.40. The van der Waals surface area contributed by atoms with E-state index in [4.69, 9.17) is 33.2 Å². The van der Waals surface area contributed by atoms with Gasteiger partial charge in [0.1, 0.15) is 24.2 Å². The molecule has 6 aromatic carbocycles. The molecule has 366 valence electrons. The molecule has 0 spiro atoms. The van der Waals surface area contributed by atoms with Crippen molar-refractivity contribution in [1.29, 1.82) is 0 Å². The first-order chi connectivity index (χ1) is 33.0. The Morgan fingerprint density at radius 3 is 1.52 bits per heavy atom. The molecule has 2 aliphatic rings. The first-order valence-corrected chi connectivity index (χ1v) is 22.5. The Kier molecular flexibility index (Phi) is 20.7. The number of aliphatic hydroxyl groups is 2. The van der Waals surface area contributed by atoms with Gasteiger partial charge in [-0.25, -0.2) is 8.78 Å². The maximum Gasteiger partial charge on any atom is 0.181 e. The van der Waals surface area contributed by atoms with Gasteiger partial charge in [0.25, 0.3) is 0 Å². The summed E-state index contributed by atoms with van der Waals surface area (Å²) in [6, 6.07) is 40.8. The van der Waals surface area contributed by atoms with Crippen molar-refractivity contribution in [3.63, 3.8) is 0 Å². The molecule has 0 bridgehead atoms. The van der Waals surface area contributed by atoms with Gasteiger partial charge in [0.15, 0.2) is 40.0 Å². The molecule has 69 heavy (non-hydrogen) atoms. The van der Waals surface area contributed by atoms with Crippen molar-refractivity contribution in [3.8, 4) is 23.0 Å². The normalized spacial score (nSPS) is 14.6. The van der Waals surface area contributed by atoms with Crippen LogP contribution < -0.4 is 18.9 Å². The van der Waals surface area contributed by atoms with E-state index in [1.165, 1.54) is 43.2 Å². The highest BCUT2D eigenvalue weighted by Gasteiger charge is 2.44. The third kappa shape index (κ3) is 15.7. The number of benzene rings is 6. The summed E-state index contributed by atoms with van der Waals surface area (Å²) in [6.07, 6.45) is 5.14. The lowest BCUT2D eigenvalue weighted by Gasteiger charge is -2.43. The molecule has 0 amide bonds. The fourth-order valence-electron chi connectivity index (χ4n) is 7.17. The highest BCUT2D eigenvalue weighted by molar-refractivity contribution is 5.85. The van der Waals surface area contributed by atoms with E-state index in [0.29, 0.717) is 66.3 Å². The number of hydrogen-bond acceptors (Lipinski definition) is 11. The average Bonchev–Trinajstić information content (AvgIpc) is 3.98. The first kappa shape index (κ1) is 53.8. The summed E-state index contributed by atoms with van der Waals surface area (Å²) in [5, 5.41) is 20.1. The fourth-order valence-corrected chi connectivity index (χ4v) is 7.17. The lowest BCUT2D eigenvalue weighted by molar-refractivity contribution is -0.299. The number of hydrogen-bond donors (Lipinski definition) is 2. The number of aldehydes is 2. The summed E-state index contributed by atoms with van der Waals surface area (Å²) in [5.41, 5.74) is 1.88. The first-order valence-electron chi connectivity index (χ1n) is 22.5. The van der Waals surface area contributed by atoms with E-state index < -0.39 is 30.2 Å². The van der Waals surface area contributed by atoms with Crippen molar-refractivity contribution in [2.45, 2.75) is 56.5 Å². The van der Waals surface area contributed by atoms with E-state index in [2.05, 4.69) is 0 Å². The fraction of sp³-hybridized carbons (Fsp3) is 0.309. The van der Waals surface area contributed by atoms with Crippen LogP contribution in [0.3, 0.4) is 0 Å². The van der Waals surface area contributed by atoms with Crippen LogP contribution in [0, 0.1) is 11.6 Å². The minimum Gasteiger partial charge on any atom is -0.489 e. The molecule has 0 atom stereocenters. The van der Waals surface area contributed by atoms with Crippen molar-refractivity contribution >= 4 is 25.0 Å².